The van der Waals surface area contributed by atoms with Crippen LogP contribution in [-0.2, 0) is 24.5 Å². The molecule has 3 heteroatoms. The first-order valence-electron chi connectivity index (χ1n) is 5.96. The molecular formula is C15H14ClNO. The molecule has 2 aromatic rings. The van der Waals surface area contributed by atoms with Crippen LogP contribution in [-0.4, -0.2) is 0 Å². The van der Waals surface area contributed by atoms with Gasteiger partial charge in [-0.3, -0.25) is 0 Å². The number of halogens is 1. The molecule has 0 unspecified atom stereocenters. The van der Waals surface area contributed by atoms with Gasteiger partial charge >= 0.3 is 0 Å². The van der Waals surface area contributed by atoms with E-state index in [1.165, 1.54) is 11.1 Å². The first-order valence-corrected chi connectivity index (χ1v) is 6.34. The van der Waals surface area contributed by atoms with Crippen LogP contribution in [0.1, 0.15) is 16.7 Å². The van der Waals surface area contributed by atoms with E-state index in [0.29, 0.717) is 13.2 Å². The fourth-order valence-electron chi connectivity index (χ4n) is 2.33. The molecule has 0 spiro atoms. The van der Waals surface area contributed by atoms with Crippen molar-refractivity contribution in [2.75, 3.05) is 0 Å². The number of fused-ring (bicyclic) bond motifs is 1. The molecule has 2 aromatic carbocycles. The number of hydrogen-bond acceptors (Lipinski definition) is 2. The molecule has 0 saturated carbocycles. The summed E-state index contributed by atoms with van der Waals surface area (Å²) >= 11 is 6.08. The van der Waals surface area contributed by atoms with Crippen molar-refractivity contribution in [3.05, 3.63) is 58.1 Å². The molecule has 0 radical (unpaired) electrons. The second kappa shape index (κ2) is 4.73. The number of ether oxygens (including phenoxy) is 1. The number of hydrogen-bond donors (Lipinski definition) is 1. The topological polar surface area (TPSA) is 35.2 Å². The summed E-state index contributed by atoms with van der Waals surface area (Å²) in [5.41, 5.74) is 11.7. The Hall–Kier alpha value is -1.35. The average molecular weight is 260 g/mol. The van der Waals surface area contributed by atoms with Gasteiger partial charge in [0.15, 0.2) is 0 Å². The van der Waals surface area contributed by atoms with Crippen LogP contribution < -0.4 is 5.73 Å². The van der Waals surface area contributed by atoms with E-state index in [2.05, 4.69) is 18.2 Å². The first-order chi connectivity index (χ1) is 8.78. The predicted octanol–water partition coefficient (Wildman–Crippen LogP) is 3.50. The van der Waals surface area contributed by atoms with Crippen molar-refractivity contribution in [1.29, 1.82) is 0 Å². The Bertz CT molecular complexity index is 595. The molecule has 1 aliphatic rings. The quantitative estimate of drug-likeness (QED) is 0.896. The second-order valence-corrected chi connectivity index (χ2v) is 4.92. The van der Waals surface area contributed by atoms with Crippen LogP contribution in [0.15, 0.2) is 36.4 Å². The largest absolute Gasteiger partial charge is 0.372 e. The molecule has 0 aromatic heterocycles. The maximum atomic E-state index is 6.08. The molecule has 0 amide bonds. The second-order valence-electron chi connectivity index (χ2n) is 4.48. The van der Waals surface area contributed by atoms with E-state index in [0.717, 1.165) is 28.3 Å². The zero-order valence-corrected chi connectivity index (χ0v) is 10.7. The summed E-state index contributed by atoms with van der Waals surface area (Å²) in [7, 11) is 0. The monoisotopic (exact) mass is 259 g/mol. The smallest absolute Gasteiger partial charge is 0.0725 e. The van der Waals surface area contributed by atoms with E-state index in [4.69, 9.17) is 22.1 Å². The van der Waals surface area contributed by atoms with Crippen LogP contribution in [0.5, 0.6) is 0 Å². The minimum Gasteiger partial charge on any atom is -0.372 e. The average Bonchev–Trinajstić information content (AvgIpc) is 2.85. The van der Waals surface area contributed by atoms with Gasteiger partial charge in [0.25, 0.3) is 0 Å². The highest BCUT2D eigenvalue weighted by Gasteiger charge is 2.13. The van der Waals surface area contributed by atoms with E-state index >= 15 is 0 Å². The molecular weight excluding hydrogens is 246 g/mol. The van der Waals surface area contributed by atoms with Crippen LogP contribution in [0, 0.1) is 0 Å². The molecule has 1 aliphatic heterocycles. The van der Waals surface area contributed by atoms with E-state index in [1.807, 2.05) is 18.2 Å². The minimum absolute atomic E-state index is 0.514. The lowest BCUT2D eigenvalue weighted by Crippen LogP contribution is -1.99. The Morgan fingerprint density at radius 2 is 1.89 bits per heavy atom. The number of benzene rings is 2. The fourth-order valence-corrected chi connectivity index (χ4v) is 2.51. The van der Waals surface area contributed by atoms with Crippen molar-refractivity contribution < 1.29 is 4.74 Å². The lowest BCUT2D eigenvalue weighted by atomic mass is 9.96. The highest BCUT2D eigenvalue weighted by atomic mass is 35.5. The summed E-state index contributed by atoms with van der Waals surface area (Å²) < 4.78 is 5.44. The van der Waals surface area contributed by atoms with Gasteiger partial charge in [-0.25, -0.2) is 0 Å². The summed E-state index contributed by atoms with van der Waals surface area (Å²) in [6.07, 6.45) is 0. The van der Waals surface area contributed by atoms with Gasteiger partial charge in [-0.1, -0.05) is 29.8 Å². The zero-order chi connectivity index (χ0) is 12.5. The van der Waals surface area contributed by atoms with Crippen LogP contribution >= 0.6 is 11.6 Å². The highest BCUT2D eigenvalue weighted by molar-refractivity contribution is 6.30. The van der Waals surface area contributed by atoms with E-state index in [1.54, 1.807) is 0 Å². The Balaban J connectivity index is 2.12. The Labute approximate surface area is 111 Å². The van der Waals surface area contributed by atoms with Gasteiger partial charge in [-0.2, -0.15) is 0 Å². The van der Waals surface area contributed by atoms with E-state index in [9.17, 15) is 0 Å². The Morgan fingerprint density at radius 3 is 2.72 bits per heavy atom. The molecule has 0 atom stereocenters. The third kappa shape index (κ3) is 2.03. The third-order valence-corrected chi connectivity index (χ3v) is 3.56. The Morgan fingerprint density at radius 1 is 1.06 bits per heavy atom. The maximum absolute atomic E-state index is 6.08. The molecule has 3 rings (SSSR count). The van der Waals surface area contributed by atoms with Crippen LogP contribution in [0.2, 0.25) is 5.02 Å². The van der Waals surface area contributed by atoms with E-state index < -0.39 is 0 Å². The van der Waals surface area contributed by atoms with Gasteiger partial charge in [0.05, 0.1) is 13.2 Å². The molecule has 92 valence electrons. The van der Waals surface area contributed by atoms with Gasteiger partial charge in [-0.15, -0.1) is 0 Å². The van der Waals surface area contributed by atoms with Crippen molar-refractivity contribution in [2.45, 2.75) is 19.8 Å². The van der Waals surface area contributed by atoms with Gasteiger partial charge < -0.3 is 10.5 Å². The highest BCUT2D eigenvalue weighted by Crippen LogP contribution is 2.30. The SMILES string of the molecule is NCc1ccc(Cl)cc1-c1ccc2c(c1)COC2. The summed E-state index contributed by atoms with van der Waals surface area (Å²) in [6, 6.07) is 12.2. The van der Waals surface area contributed by atoms with Crippen LogP contribution in [0.25, 0.3) is 11.1 Å². The van der Waals surface area contributed by atoms with Crippen LogP contribution in [0.4, 0.5) is 0 Å². The van der Waals surface area contributed by atoms with Crippen molar-refractivity contribution in [3.8, 4) is 11.1 Å². The van der Waals surface area contributed by atoms with Gasteiger partial charge in [0.1, 0.15) is 0 Å². The molecule has 0 bridgehead atoms. The number of rotatable bonds is 2. The predicted molar refractivity (Wildman–Crippen MR) is 73.3 cm³/mol. The fraction of sp³-hybridized carbons (Fsp3) is 0.200. The van der Waals surface area contributed by atoms with Crippen molar-refractivity contribution in [3.63, 3.8) is 0 Å². The standard InChI is InChI=1S/C15H14ClNO/c16-14-4-3-11(7-17)15(6-14)10-1-2-12-8-18-9-13(12)5-10/h1-6H,7-9,17H2. The summed E-state index contributed by atoms with van der Waals surface area (Å²) in [5, 5.41) is 0.735. The van der Waals surface area contributed by atoms with Crippen molar-refractivity contribution in [2.24, 2.45) is 5.73 Å². The lowest BCUT2D eigenvalue weighted by molar-refractivity contribution is 0.134. The normalized spacial score (nSPS) is 13.7. The molecule has 2 nitrogen and oxygen atoms in total. The first kappa shape index (κ1) is 11.7. The summed E-state index contributed by atoms with van der Waals surface area (Å²) in [4.78, 5) is 0. The Kier molecular flexibility index (Phi) is 3.08. The van der Waals surface area contributed by atoms with Crippen molar-refractivity contribution >= 4 is 11.6 Å². The molecule has 18 heavy (non-hydrogen) atoms. The molecule has 0 saturated heterocycles. The zero-order valence-electron chi connectivity index (χ0n) is 9.95. The summed E-state index contributed by atoms with van der Waals surface area (Å²) in [5.74, 6) is 0. The van der Waals surface area contributed by atoms with Crippen LogP contribution in [0.3, 0.4) is 0 Å². The molecule has 0 fully saturated rings. The van der Waals surface area contributed by atoms with Gasteiger partial charge in [0.2, 0.25) is 0 Å². The summed E-state index contributed by atoms with van der Waals surface area (Å²) in [6.45, 7) is 1.93. The van der Waals surface area contributed by atoms with E-state index in [-0.39, 0.29) is 0 Å². The third-order valence-electron chi connectivity index (χ3n) is 3.32. The van der Waals surface area contributed by atoms with Crippen molar-refractivity contribution in [1.82, 2.24) is 0 Å². The van der Waals surface area contributed by atoms with Gasteiger partial charge in [-0.05, 0) is 46.0 Å². The van der Waals surface area contributed by atoms with Gasteiger partial charge in [0, 0.05) is 11.6 Å². The maximum Gasteiger partial charge on any atom is 0.0725 e. The minimum atomic E-state index is 0.514. The lowest BCUT2D eigenvalue weighted by Gasteiger charge is -2.10. The number of nitrogens with two attached hydrogens (primary N) is 1. The molecule has 2 N–H and O–H groups in total. The molecule has 0 aliphatic carbocycles. The molecule has 1 heterocycles.